The Morgan fingerprint density at radius 3 is 2.44 bits per heavy atom. The molecule has 4 aromatic rings. The van der Waals surface area contributed by atoms with Gasteiger partial charge in [0.15, 0.2) is 0 Å². The summed E-state index contributed by atoms with van der Waals surface area (Å²) in [5, 5.41) is 14.0. The van der Waals surface area contributed by atoms with Crippen molar-refractivity contribution in [2.24, 2.45) is 0 Å². The van der Waals surface area contributed by atoms with Gasteiger partial charge in [0.05, 0.1) is 5.56 Å². The topological polar surface area (TPSA) is 59.4 Å². The number of amides is 1. The number of piperazine rings is 1. The zero-order chi connectivity index (χ0) is 24.6. The number of rotatable bonds is 5. The van der Waals surface area contributed by atoms with Crippen LogP contribution in [0.4, 0.5) is 15.8 Å². The molecular weight excluding hydrogens is 451 g/mol. The van der Waals surface area contributed by atoms with E-state index >= 15 is 0 Å². The molecule has 0 aromatic heterocycles. The van der Waals surface area contributed by atoms with E-state index in [4.69, 9.17) is 5.26 Å². The third-order valence-corrected chi connectivity index (χ3v) is 7.26. The lowest BCUT2D eigenvalue weighted by atomic mass is 9.95. The van der Waals surface area contributed by atoms with Gasteiger partial charge in [0, 0.05) is 55.0 Å². The number of carbonyl (C=O) groups excluding carboxylic acids is 1. The fourth-order valence-electron chi connectivity index (χ4n) is 5.30. The Labute approximate surface area is 209 Å². The van der Waals surface area contributed by atoms with Crippen LogP contribution in [0.15, 0.2) is 72.8 Å². The smallest absolute Gasteiger partial charge is 0.256 e. The van der Waals surface area contributed by atoms with E-state index in [1.807, 2.05) is 30.3 Å². The summed E-state index contributed by atoms with van der Waals surface area (Å²) in [5.41, 5.74) is 6.30. The Balaban J connectivity index is 1.09. The molecule has 6 rings (SSSR count). The highest BCUT2D eigenvalue weighted by molar-refractivity contribution is 6.24. The maximum absolute atomic E-state index is 14.0. The van der Waals surface area contributed by atoms with Gasteiger partial charge in [-0.25, -0.2) is 4.39 Å². The summed E-state index contributed by atoms with van der Waals surface area (Å²) in [6.45, 7) is 4.33. The molecule has 0 spiro atoms. The molecule has 1 fully saturated rings. The molecular formula is C30H25FN4O. The number of nitrogens with zero attached hydrogens (tertiary/aromatic N) is 3. The molecule has 178 valence electrons. The first-order valence-electron chi connectivity index (χ1n) is 12.2. The summed E-state index contributed by atoms with van der Waals surface area (Å²) in [4.78, 5) is 16.8. The van der Waals surface area contributed by atoms with E-state index in [0.29, 0.717) is 0 Å². The van der Waals surface area contributed by atoms with Gasteiger partial charge in [0.2, 0.25) is 0 Å². The molecule has 0 saturated carbocycles. The SMILES string of the molecule is N#Cc1ccc(N2CCN(Cc3ccc(Cc4ccc5c6c(cccc46)C(=O)N5)cc3)CC2)cc1F. The van der Waals surface area contributed by atoms with Crippen LogP contribution in [-0.2, 0) is 13.0 Å². The van der Waals surface area contributed by atoms with Gasteiger partial charge in [-0.15, -0.1) is 0 Å². The molecule has 0 bridgehead atoms. The molecule has 1 amide bonds. The number of anilines is 2. The summed E-state index contributed by atoms with van der Waals surface area (Å²) < 4.78 is 14.0. The van der Waals surface area contributed by atoms with Crippen LogP contribution in [0.1, 0.15) is 32.6 Å². The Hall–Kier alpha value is -4.21. The van der Waals surface area contributed by atoms with E-state index in [2.05, 4.69) is 51.5 Å². The fraction of sp³-hybridized carbons (Fsp3) is 0.200. The summed E-state index contributed by atoms with van der Waals surface area (Å²) in [5.74, 6) is -0.484. The predicted molar refractivity (Wildman–Crippen MR) is 140 cm³/mol. The number of hydrogen-bond donors (Lipinski definition) is 1. The first-order valence-corrected chi connectivity index (χ1v) is 12.2. The van der Waals surface area contributed by atoms with Crippen LogP contribution in [0.5, 0.6) is 0 Å². The summed E-state index contributed by atoms with van der Waals surface area (Å²) in [6.07, 6.45) is 0.814. The van der Waals surface area contributed by atoms with Crippen LogP contribution in [0.25, 0.3) is 10.8 Å². The van der Waals surface area contributed by atoms with Gasteiger partial charge in [-0.3, -0.25) is 9.69 Å². The molecule has 2 aliphatic heterocycles. The summed E-state index contributed by atoms with van der Waals surface area (Å²) in [7, 11) is 0. The minimum absolute atomic E-state index is 0.0259. The van der Waals surface area contributed by atoms with Gasteiger partial charge in [-0.1, -0.05) is 42.5 Å². The van der Waals surface area contributed by atoms with E-state index in [1.165, 1.54) is 22.8 Å². The molecule has 0 unspecified atom stereocenters. The van der Waals surface area contributed by atoms with Crippen molar-refractivity contribution in [3.05, 3.63) is 106 Å². The number of hydrogen-bond acceptors (Lipinski definition) is 4. The zero-order valence-corrected chi connectivity index (χ0v) is 19.8. The molecule has 36 heavy (non-hydrogen) atoms. The first kappa shape index (κ1) is 22.3. The van der Waals surface area contributed by atoms with E-state index in [-0.39, 0.29) is 11.5 Å². The standard InChI is InChI=1S/C30H25FN4O/c31-27-17-24(10-8-23(27)18-32)35-14-12-34(13-15-35)19-21-6-4-20(5-7-21)16-22-9-11-28-29-25(22)2-1-3-26(29)30(36)33-28/h1-11,17H,12-16,19H2,(H,33,36). The molecule has 0 radical (unpaired) electrons. The Kier molecular flexibility index (Phi) is 5.63. The predicted octanol–water partition coefficient (Wildman–Crippen LogP) is 5.33. The van der Waals surface area contributed by atoms with Gasteiger partial charge in [-0.2, -0.15) is 5.26 Å². The van der Waals surface area contributed by atoms with E-state index < -0.39 is 5.82 Å². The molecule has 5 nitrogen and oxygen atoms in total. The number of benzene rings is 4. The lowest BCUT2D eigenvalue weighted by Gasteiger charge is -2.36. The second-order valence-electron chi connectivity index (χ2n) is 9.49. The van der Waals surface area contributed by atoms with Crippen molar-refractivity contribution in [1.82, 2.24) is 4.90 Å². The lowest BCUT2D eigenvalue weighted by molar-refractivity contribution is 0.103. The number of nitrogens with one attached hydrogen (secondary N) is 1. The van der Waals surface area contributed by atoms with E-state index in [1.54, 1.807) is 6.07 Å². The van der Waals surface area contributed by atoms with Crippen molar-refractivity contribution in [3.63, 3.8) is 0 Å². The number of halogens is 1. The molecule has 2 aliphatic rings. The van der Waals surface area contributed by atoms with Crippen LogP contribution < -0.4 is 10.2 Å². The van der Waals surface area contributed by atoms with E-state index in [9.17, 15) is 9.18 Å². The van der Waals surface area contributed by atoms with Gasteiger partial charge < -0.3 is 10.2 Å². The fourth-order valence-corrected chi connectivity index (χ4v) is 5.30. The molecule has 0 aliphatic carbocycles. The summed E-state index contributed by atoms with van der Waals surface area (Å²) in [6, 6.07) is 25.5. The lowest BCUT2D eigenvalue weighted by Crippen LogP contribution is -2.46. The van der Waals surface area contributed by atoms with Crippen molar-refractivity contribution in [2.45, 2.75) is 13.0 Å². The highest BCUT2D eigenvalue weighted by Crippen LogP contribution is 2.35. The van der Waals surface area contributed by atoms with Crippen LogP contribution in [0, 0.1) is 17.1 Å². The second kappa shape index (κ2) is 9.10. The molecule has 4 aromatic carbocycles. The van der Waals surface area contributed by atoms with Crippen LogP contribution >= 0.6 is 0 Å². The minimum Gasteiger partial charge on any atom is -0.369 e. The van der Waals surface area contributed by atoms with Crippen molar-refractivity contribution in [2.75, 3.05) is 36.4 Å². The van der Waals surface area contributed by atoms with Gasteiger partial charge in [0.25, 0.3) is 5.91 Å². The van der Waals surface area contributed by atoms with Crippen molar-refractivity contribution in [1.29, 1.82) is 5.26 Å². The third-order valence-electron chi connectivity index (χ3n) is 7.26. The Morgan fingerprint density at radius 2 is 1.69 bits per heavy atom. The van der Waals surface area contributed by atoms with Crippen molar-refractivity contribution < 1.29 is 9.18 Å². The first-order chi connectivity index (χ1) is 17.6. The maximum Gasteiger partial charge on any atom is 0.256 e. The van der Waals surface area contributed by atoms with Gasteiger partial charge in [-0.05, 0) is 58.8 Å². The quantitative estimate of drug-likeness (QED) is 0.423. The van der Waals surface area contributed by atoms with Gasteiger partial charge in [0.1, 0.15) is 11.9 Å². The Morgan fingerprint density at radius 1 is 0.917 bits per heavy atom. The number of carbonyl (C=O) groups is 1. The van der Waals surface area contributed by atoms with Crippen LogP contribution in [0.2, 0.25) is 0 Å². The van der Waals surface area contributed by atoms with Crippen LogP contribution in [-0.4, -0.2) is 37.0 Å². The zero-order valence-electron chi connectivity index (χ0n) is 19.8. The molecule has 2 heterocycles. The maximum atomic E-state index is 14.0. The minimum atomic E-state index is -0.459. The van der Waals surface area contributed by atoms with Crippen molar-refractivity contribution in [3.8, 4) is 6.07 Å². The highest BCUT2D eigenvalue weighted by atomic mass is 19.1. The average Bonchev–Trinajstić information content (AvgIpc) is 3.24. The normalized spacial score (nSPS) is 15.2. The second-order valence-corrected chi connectivity index (χ2v) is 9.49. The number of nitriles is 1. The average molecular weight is 477 g/mol. The molecule has 1 N–H and O–H groups in total. The largest absolute Gasteiger partial charge is 0.369 e. The Bertz CT molecular complexity index is 1520. The monoisotopic (exact) mass is 476 g/mol. The highest BCUT2D eigenvalue weighted by Gasteiger charge is 2.22. The third kappa shape index (κ3) is 4.08. The molecule has 6 heteroatoms. The van der Waals surface area contributed by atoms with Crippen LogP contribution in [0.3, 0.4) is 0 Å². The molecule has 1 saturated heterocycles. The van der Waals surface area contributed by atoms with Gasteiger partial charge >= 0.3 is 0 Å². The van der Waals surface area contributed by atoms with E-state index in [0.717, 1.165) is 66.9 Å². The summed E-state index contributed by atoms with van der Waals surface area (Å²) >= 11 is 0. The molecule has 0 atom stereocenters. The van der Waals surface area contributed by atoms with Crippen molar-refractivity contribution >= 4 is 28.1 Å².